The maximum atomic E-state index is 12.8. The molecule has 0 saturated heterocycles. The van der Waals surface area contributed by atoms with E-state index in [-0.39, 0.29) is 11.4 Å². The van der Waals surface area contributed by atoms with Gasteiger partial charge in [0.15, 0.2) is 5.82 Å². The Kier molecular flexibility index (Phi) is 4.22. The van der Waals surface area contributed by atoms with Crippen molar-refractivity contribution in [3.63, 3.8) is 0 Å². The van der Waals surface area contributed by atoms with Gasteiger partial charge in [0.05, 0.1) is 11.0 Å². The number of carbonyl (C=O) groups is 1. The van der Waals surface area contributed by atoms with Gasteiger partial charge in [-0.2, -0.15) is 4.98 Å². The fourth-order valence-corrected chi connectivity index (χ4v) is 3.14. The maximum Gasteiger partial charge on any atom is 0.257 e. The Morgan fingerprint density at radius 2 is 1.75 bits per heavy atom. The highest BCUT2D eigenvalue weighted by molar-refractivity contribution is 6.04. The van der Waals surface area contributed by atoms with Gasteiger partial charge >= 0.3 is 0 Å². The van der Waals surface area contributed by atoms with E-state index in [0.29, 0.717) is 23.2 Å². The lowest BCUT2D eigenvalue weighted by Gasteiger charge is -2.24. The van der Waals surface area contributed by atoms with Crippen LogP contribution in [0.15, 0.2) is 53.1 Å². The third-order valence-electron chi connectivity index (χ3n) is 4.38. The Bertz CT molecular complexity index is 1150. The minimum Gasteiger partial charge on any atom is -0.334 e. The van der Waals surface area contributed by atoms with Crippen molar-refractivity contribution >= 4 is 22.9 Å². The molecule has 0 aliphatic rings. The molecule has 0 bridgehead atoms. The number of rotatable bonds is 3. The largest absolute Gasteiger partial charge is 0.334 e. The second-order valence-electron chi connectivity index (χ2n) is 7.61. The molecule has 4 aromatic rings. The van der Waals surface area contributed by atoms with Crippen LogP contribution in [-0.4, -0.2) is 25.6 Å². The standard InChI is InChI=1S/C21H21N5O2/c1-13-22-19(28-25-13)15-11-9-14(10-12-15)18(27)24-20-23-16-7-5-6-8-17(16)26(20)21(2,3)4/h5-12H,1-4H3,(H,23,24,27). The third-order valence-corrected chi connectivity index (χ3v) is 4.38. The van der Waals surface area contributed by atoms with E-state index in [0.717, 1.165) is 16.6 Å². The molecule has 7 heteroatoms. The predicted molar refractivity (Wildman–Crippen MR) is 107 cm³/mol. The Hall–Kier alpha value is -3.48. The lowest BCUT2D eigenvalue weighted by Crippen LogP contribution is -2.25. The van der Waals surface area contributed by atoms with Crippen LogP contribution in [0.3, 0.4) is 0 Å². The van der Waals surface area contributed by atoms with Gasteiger partial charge in [0.2, 0.25) is 5.95 Å². The summed E-state index contributed by atoms with van der Waals surface area (Å²) in [6.07, 6.45) is 0. The molecule has 2 heterocycles. The van der Waals surface area contributed by atoms with Crippen molar-refractivity contribution in [2.24, 2.45) is 0 Å². The van der Waals surface area contributed by atoms with Crippen molar-refractivity contribution in [3.05, 3.63) is 59.9 Å². The van der Waals surface area contributed by atoms with Crippen LogP contribution in [0.4, 0.5) is 5.95 Å². The number of aromatic nitrogens is 4. The second-order valence-corrected chi connectivity index (χ2v) is 7.61. The molecule has 1 amide bonds. The zero-order valence-corrected chi connectivity index (χ0v) is 16.2. The number of carbonyl (C=O) groups excluding carboxylic acids is 1. The van der Waals surface area contributed by atoms with Gasteiger partial charge in [-0.3, -0.25) is 10.1 Å². The Morgan fingerprint density at radius 3 is 2.39 bits per heavy atom. The number of nitrogens with one attached hydrogen (secondary N) is 1. The van der Waals surface area contributed by atoms with Gasteiger partial charge in [0, 0.05) is 16.7 Å². The summed E-state index contributed by atoms with van der Waals surface area (Å²) in [5.74, 6) is 1.29. The molecular weight excluding hydrogens is 354 g/mol. The molecule has 28 heavy (non-hydrogen) atoms. The van der Waals surface area contributed by atoms with Crippen molar-refractivity contribution in [1.29, 1.82) is 0 Å². The van der Waals surface area contributed by atoms with Crippen molar-refractivity contribution in [2.45, 2.75) is 33.2 Å². The molecule has 142 valence electrons. The van der Waals surface area contributed by atoms with Gasteiger partial charge in [-0.1, -0.05) is 17.3 Å². The van der Waals surface area contributed by atoms with Crippen LogP contribution in [0.1, 0.15) is 37.0 Å². The van der Waals surface area contributed by atoms with Crippen molar-refractivity contribution in [2.75, 3.05) is 5.32 Å². The Morgan fingerprint density at radius 1 is 1.04 bits per heavy atom. The molecular formula is C21H21N5O2. The average Bonchev–Trinajstić information content (AvgIpc) is 3.24. The molecule has 0 saturated carbocycles. The first kappa shape index (κ1) is 17.9. The highest BCUT2D eigenvalue weighted by Crippen LogP contribution is 2.28. The lowest BCUT2D eigenvalue weighted by molar-refractivity contribution is 0.102. The van der Waals surface area contributed by atoms with Crippen LogP contribution in [0.25, 0.3) is 22.5 Å². The van der Waals surface area contributed by atoms with E-state index in [1.165, 1.54) is 0 Å². The minimum atomic E-state index is -0.238. The normalized spacial score (nSPS) is 11.7. The summed E-state index contributed by atoms with van der Waals surface area (Å²) in [6, 6.07) is 14.9. The average molecular weight is 375 g/mol. The zero-order chi connectivity index (χ0) is 19.9. The number of nitrogens with zero attached hydrogens (tertiary/aromatic N) is 4. The van der Waals surface area contributed by atoms with E-state index in [4.69, 9.17) is 4.52 Å². The number of benzene rings is 2. The number of imidazole rings is 1. The summed E-state index contributed by atoms with van der Waals surface area (Å²) in [5.41, 5.74) is 2.87. The number of amides is 1. The number of hydrogen-bond donors (Lipinski definition) is 1. The fourth-order valence-electron chi connectivity index (χ4n) is 3.14. The minimum absolute atomic E-state index is 0.228. The van der Waals surface area contributed by atoms with Crippen LogP contribution in [0.2, 0.25) is 0 Å². The Labute approximate surface area is 162 Å². The van der Waals surface area contributed by atoms with Crippen LogP contribution in [0, 0.1) is 6.92 Å². The molecule has 0 atom stereocenters. The molecule has 2 aromatic carbocycles. The summed E-state index contributed by atoms with van der Waals surface area (Å²) in [4.78, 5) is 21.6. The van der Waals surface area contributed by atoms with Crippen LogP contribution in [-0.2, 0) is 5.54 Å². The number of anilines is 1. The van der Waals surface area contributed by atoms with Crippen LogP contribution in [0.5, 0.6) is 0 Å². The molecule has 0 fully saturated rings. The van der Waals surface area contributed by atoms with E-state index in [1.807, 2.05) is 28.8 Å². The smallest absolute Gasteiger partial charge is 0.257 e. The highest BCUT2D eigenvalue weighted by Gasteiger charge is 2.23. The Balaban J connectivity index is 1.64. The number of fused-ring (bicyclic) bond motifs is 1. The second kappa shape index (κ2) is 6.60. The van der Waals surface area contributed by atoms with Gasteiger partial charge in [-0.05, 0) is 64.1 Å². The molecule has 2 aromatic heterocycles. The molecule has 0 radical (unpaired) electrons. The van der Waals surface area contributed by atoms with Crippen LogP contribution >= 0.6 is 0 Å². The predicted octanol–water partition coefficient (Wildman–Crippen LogP) is 4.40. The van der Waals surface area contributed by atoms with Gasteiger partial charge in [-0.15, -0.1) is 0 Å². The number of para-hydroxylation sites is 2. The lowest BCUT2D eigenvalue weighted by atomic mass is 10.1. The van der Waals surface area contributed by atoms with Crippen LogP contribution < -0.4 is 5.32 Å². The molecule has 0 spiro atoms. The summed E-state index contributed by atoms with van der Waals surface area (Å²) in [7, 11) is 0. The van der Waals surface area contributed by atoms with Gasteiger partial charge in [0.25, 0.3) is 11.8 Å². The highest BCUT2D eigenvalue weighted by atomic mass is 16.5. The first-order chi connectivity index (χ1) is 13.3. The number of aryl methyl sites for hydroxylation is 1. The zero-order valence-electron chi connectivity index (χ0n) is 16.2. The van der Waals surface area contributed by atoms with Gasteiger partial charge in [0.1, 0.15) is 0 Å². The van der Waals surface area contributed by atoms with Crippen molar-refractivity contribution in [3.8, 4) is 11.5 Å². The monoisotopic (exact) mass is 375 g/mol. The van der Waals surface area contributed by atoms with E-state index in [2.05, 4.69) is 41.2 Å². The molecule has 7 nitrogen and oxygen atoms in total. The molecule has 0 unspecified atom stereocenters. The van der Waals surface area contributed by atoms with Crippen molar-refractivity contribution < 1.29 is 9.32 Å². The summed E-state index contributed by atoms with van der Waals surface area (Å²) < 4.78 is 7.20. The van der Waals surface area contributed by atoms with E-state index in [9.17, 15) is 4.79 Å². The summed E-state index contributed by atoms with van der Waals surface area (Å²) in [5, 5.41) is 6.73. The van der Waals surface area contributed by atoms with Gasteiger partial charge in [-0.25, -0.2) is 4.98 Å². The van der Waals surface area contributed by atoms with E-state index in [1.54, 1.807) is 31.2 Å². The quantitative estimate of drug-likeness (QED) is 0.573. The first-order valence-corrected chi connectivity index (χ1v) is 9.03. The topological polar surface area (TPSA) is 85.8 Å². The van der Waals surface area contributed by atoms with E-state index >= 15 is 0 Å². The number of hydrogen-bond acceptors (Lipinski definition) is 5. The molecule has 0 aliphatic carbocycles. The molecule has 4 rings (SSSR count). The third kappa shape index (κ3) is 3.26. The van der Waals surface area contributed by atoms with Gasteiger partial charge < -0.3 is 9.09 Å². The molecule has 1 N–H and O–H groups in total. The van der Waals surface area contributed by atoms with Crippen molar-refractivity contribution in [1.82, 2.24) is 19.7 Å². The summed E-state index contributed by atoms with van der Waals surface area (Å²) >= 11 is 0. The fraction of sp³-hybridized carbons (Fsp3) is 0.238. The first-order valence-electron chi connectivity index (χ1n) is 9.03. The molecule has 0 aliphatic heterocycles. The SMILES string of the molecule is Cc1noc(-c2ccc(C(=O)Nc3nc4ccccc4n3C(C)(C)C)cc2)n1. The van der Waals surface area contributed by atoms with E-state index < -0.39 is 0 Å². The maximum absolute atomic E-state index is 12.8. The summed E-state index contributed by atoms with van der Waals surface area (Å²) in [6.45, 7) is 8.00.